The molecule has 1 aromatic carbocycles. The molecule has 0 unspecified atom stereocenters. The second-order valence-corrected chi connectivity index (χ2v) is 4.23. The van der Waals surface area contributed by atoms with Crippen molar-refractivity contribution in [2.45, 2.75) is 13.7 Å². The highest BCUT2D eigenvalue weighted by atomic mass is 19.2. The normalized spacial score (nSPS) is 12.6. The van der Waals surface area contributed by atoms with E-state index in [0.717, 1.165) is 6.07 Å². The molecule has 20 heavy (non-hydrogen) atoms. The number of benzene rings is 1. The van der Waals surface area contributed by atoms with Crippen molar-refractivity contribution < 1.29 is 23.0 Å². The quantitative estimate of drug-likeness (QED) is 0.788. The molecule has 0 N–H and O–H groups in total. The molecule has 3 rings (SSSR count). The van der Waals surface area contributed by atoms with Crippen LogP contribution >= 0.6 is 0 Å². The zero-order valence-corrected chi connectivity index (χ0v) is 10.4. The summed E-state index contributed by atoms with van der Waals surface area (Å²) in [4.78, 5) is 23.9. The second kappa shape index (κ2) is 4.29. The first-order valence-electron chi connectivity index (χ1n) is 5.89. The molecule has 0 bridgehead atoms. The van der Waals surface area contributed by atoms with Crippen molar-refractivity contribution in [3.05, 3.63) is 39.7 Å². The Kier molecular flexibility index (Phi) is 2.70. The number of nitrogens with zero attached hydrogens (tertiary/aromatic N) is 1. The first kappa shape index (κ1) is 12.6. The average Bonchev–Trinajstić information content (AvgIpc) is 2.83. The van der Waals surface area contributed by atoms with E-state index >= 15 is 0 Å². The molecule has 1 aliphatic heterocycles. The Balaban J connectivity index is 2.36. The van der Waals surface area contributed by atoms with Gasteiger partial charge in [-0.25, -0.2) is 9.18 Å². The maximum Gasteiger partial charge on any atom is 0.343 e. The number of hydrogen-bond donors (Lipinski definition) is 0. The van der Waals surface area contributed by atoms with E-state index in [1.807, 2.05) is 0 Å². The van der Waals surface area contributed by atoms with Gasteiger partial charge in [0.15, 0.2) is 18.3 Å². The highest BCUT2D eigenvalue weighted by Gasteiger charge is 2.27. The fourth-order valence-electron chi connectivity index (χ4n) is 2.20. The van der Waals surface area contributed by atoms with Gasteiger partial charge < -0.3 is 14.0 Å². The Morgan fingerprint density at radius 1 is 1.50 bits per heavy atom. The summed E-state index contributed by atoms with van der Waals surface area (Å²) in [7, 11) is 0. The number of esters is 1. The van der Waals surface area contributed by atoms with Crippen LogP contribution in [0.5, 0.6) is 5.75 Å². The SMILES string of the molecule is CCOC(=O)c1cn2c3c(c(F)c(F)cc3c1=O)OC2. The summed E-state index contributed by atoms with van der Waals surface area (Å²) in [5.74, 6) is -3.46. The van der Waals surface area contributed by atoms with Crippen LogP contribution in [0.25, 0.3) is 10.9 Å². The van der Waals surface area contributed by atoms with E-state index < -0.39 is 23.0 Å². The molecule has 0 radical (unpaired) electrons. The van der Waals surface area contributed by atoms with E-state index in [-0.39, 0.29) is 35.6 Å². The number of ether oxygens (including phenoxy) is 2. The van der Waals surface area contributed by atoms with E-state index in [4.69, 9.17) is 9.47 Å². The van der Waals surface area contributed by atoms with Crippen LogP contribution in [0.15, 0.2) is 17.1 Å². The molecular weight excluding hydrogens is 272 g/mol. The van der Waals surface area contributed by atoms with Gasteiger partial charge in [0, 0.05) is 6.20 Å². The largest absolute Gasteiger partial charge is 0.467 e. The summed E-state index contributed by atoms with van der Waals surface area (Å²) in [5.41, 5.74) is -0.802. The lowest BCUT2D eigenvalue weighted by atomic mass is 10.1. The van der Waals surface area contributed by atoms with E-state index in [0.29, 0.717) is 0 Å². The van der Waals surface area contributed by atoms with Gasteiger partial charge in [-0.3, -0.25) is 4.79 Å². The number of rotatable bonds is 2. The lowest BCUT2D eigenvalue weighted by Gasteiger charge is -2.06. The minimum absolute atomic E-state index is 0.0983. The first-order valence-corrected chi connectivity index (χ1v) is 5.89. The van der Waals surface area contributed by atoms with Crippen LogP contribution in [0.1, 0.15) is 17.3 Å². The maximum atomic E-state index is 13.6. The lowest BCUT2D eigenvalue weighted by molar-refractivity contribution is 0.0524. The van der Waals surface area contributed by atoms with Gasteiger partial charge in [-0.1, -0.05) is 0 Å². The monoisotopic (exact) mass is 281 g/mol. The van der Waals surface area contributed by atoms with Crippen molar-refractivity contribution in [2.75, 3.05) is 6.61 Å². The molecule has 0 fully saturated rings. The number of halogens is 2. The van der Waals surface area contributed by atoms with E-state index in [9.17, 15) is 18.4 Å². The van der Waals surface area contributed by atoms with E-state index in [2.05, 4.69) is 0 Å². The molecule has 0 aliphatic carbocycles. The highest BCUT2D eigenvalue weighted by Crippen LogP contribution is 2.34. The van der Waals surface area contributed by atoms with Crippen LogP contribution < -0.4 is 10.2 Å². The van der Waals surface area contributed by atoms with E-state index in [1.54, 1.807) is 6.92 Å². The fraction of sp³-hybridized carbons (Fsp3) is 0.231. The molecule has 2 aromatic rings. The molecule has 1 aromatic heterocycles. The van der Waals surface area contributed by atoms with E-state index in [1.165, 1.54) is 10.8 Å². The minimum Gasteiger partial charge on any atom is -0.467 e. The lowest BCUT2D eigenvalue weighted by Crippen LogP contribution is -2.20. The molecule has 7 heteroatoms. The maximum absolute atomic E-state index is 13.6. The summed E-state index contributed by atoms with van der Waals surface area (Å²) < 4.78 is 38.2. The summed E-state index contributed by atoms with van der Waals surface area (Å²) in [6, 6.07) is 0.768. The number of hydrogen-bond acceptors (Lipinski definition) is 4. The van der Waals surface area contributed by atoms with Crippen LogP contribution in [0, 0.1) is 11.6 Å². The molecule has 0 amide bonds. The Morgan fingerprint density at radius 3 is 2.95 bits per heavy atom. The Bertz CT molecular complexity index is 797. The summed E-state index contributed by atoms with van der Waals surface area (Å²) in [5, 5.41) is -0.109. The Labute approximate surface area is 111 Å². The van der Waals surface area contributed by atoms with Gasteiger partial charge in [0.2, 0.25) is 11.2 Å². The Hall–Kier alpha value is -2.44. The van der Waals surface area contributed by atoms with Crippen LogP contribution in [0.2, 0.25) is 0 Å². The summed E-state index contributed by atoms with van der Waals surface area (Å²) in [6.45, 7) is 1.61. The molecule has 0 saturated carbocycles. The van der Waals surface area contributed by atoms with Crippen molar-refractivity contribution in [1.82, 2.24) is 4.57 Å². The summed E-state index contributed by atoms with van der Waals surface area (Å²) >= 11 is 0. The van der Waals surface area contributed by atoms with Crippen molar-refractivity contribution in [3.8, 4) is 5.75 Å². The van der Waals surface area contributed by atoms with Gasteiger partial charge in [0.05, 0.1) is 12.0 Å². The zero-order valence-electron chi connectivity index (χ0n) is 10.4. The minimum atomic E-state index is -1.20. The molecule has 1 aliphatic rings. The second-order valence-electron chi connectivity index (χ2n) is 4.23. The number of carbonyl (C=O) groups is 1. The molecule has 0 saturated heterocycles. The number of pyridine rings is 1. The molecule has 0 spiro atoms. The third-order valence-electron chi connectivity index (χ3n) is 3.06. The van der Waals surface area contributed by atoms with Gasteiger partial charge in [-0.15, -0.1) is 0 Å². The number of aromatic nitrogens is 1. The van der Waals surface area contributed by atoms with Crippen LogP contribution in [0.4, 0.5) is 8.78 Å². The van der Waals surface area contributed by atoms with Crippen molar-refractivity contribution >= 4 is 16.9 Å². The van der Waals surface area contributed by atoms with Gasteiger partial charge >= 0.3 is 5.97 Å². The molecular formula is C13H9F2NO4. The summed E-state index contributed by atoms with van der Waals surface area (Å²) in [6.07, 6.45) is 1.23. The standard InChI is InChI=1S/C13H9F2NO4/c1-2-19-13(18)7-4-16-5-20-12-9(15)8(14)3-6(10(12)16)11(7)17/h3-4H,2,5H2,1H3. The van der Waals surface area contributed by atoms with Crippen LogP contribution in [0.3, 0.4) is 0 Å². The smallest absolute Gasteiger partial charge is 0.343 e. The zero-order chi connectivity index (χ0) is 14.4. The molecule has 5 nitrogen and oxygen atoms in total. The number of carbonyl (C=O) groups excluding carboxylic acids is 1. The highest BCUT2D eigenvalue weighted by molar-refractivity contribution is 5.95. The van der Waals surface area contributed by atoms with Crippen molar-refractivity contribution in [1.29, 1.82) is 0 Å². The Morgan fingerprint density at radius 2 is 2.25 bits per heavy atom. The fourth-order valence-corrected chi connectivity index (χ4v) is 2.20. The predicted octanol–water partition coefficient (Wildman–Crippen LogP) is 1.81. The van der Waals surface area contributed by atoms with Crippen LogP contribution in [-0.4, -0.2) is 17.1 Å². The van der Waals surface area contributed by atoms with Gasteiger partial charge in [-0.2, -0.15) is 4.39 Å². The topological polar surface area (TPSA) is 57.5 Å². The van der Waals surface area contributed by atoms with Crippen molar-refractivity contribution in [2.24, 2.45) is 0 Å². The third-order valence-corrected chi connectivity index (χ3v) is 3.06. The molecule has 2 heterocycles. The molecule has 0 atom stereocenters. The third kappa shape index (κ3) is 1.59. The van der Waals surface area contributed by atoms with Gasteiger partial charge in [0.1, 0.15) is 11.1 Å². The van der Waals surface area contributed by atoms with Gasteiger partial charge in [0.25, 0.3) is 0 Å². The first-order chi connectivity index (χ1) is 9.54. The van der Waals surface area contributed by atoms with Crippen molar-refractivity contribution in [3.63, 3.8) is 0 Å². The molecule has 104 valence electrons. The van der Waals surface area contributed by atoms with Gasteiger partial charge in [-0.05, 0) is 13.0 Å². The van der Waals surface area contributed by atoms with Crippen LogP contribution in [-0.2, 0) is 11.5 Å². The average molecular weight is 281 g/mol. The predicted molar refractivity (Wildman–Crippen MR) is 64.7 cm³/mol.